The number of amides is 1. The first-order valence-electron chi connectivity index (χ1n) is 15.1. The van der Waals surface area contributed by atoms with Crippen LogP contribution in [0.5, 0.6) is 0 Å². The van der Waals surface area contributed by atoms with Crippen LogP contribution in [0.25, 0.3) is 28.0 Å². The average Bonchev–Trinajstić information content (AvgIpc) is 3.93. The van der Waals surface area contributed by atoms with Crippen molar-refractivity contribution >= 4 is 34.4 Å². The number of rotatable bonds is 6. The lowest BCUT2D eigenvalue weighted by Gasteiger charge is -2.49. The van der Waals surface area contributed by atoms with E-state index in [4.69, 9.17) is 21.6 Å². The van der Waals surface area contributed by atoms with Crippen LogP contribution >= 0.6 is 11.6 Å². The third-order valence-electron chi connectivity index (χ3n) is 9.23. The van der Waals surface area contributed by atoms with Crippen LogP contribution in [-0.4, -0.2) is 60.0 Å². The number of pyridine rings is 1. The van der Waals surface area contributed by atoms with E-state index >= 15 is 4.39 Å². The van der Waals surface area contributed by atoms with Crippen molar-refractivity contribution in [2.24, 2.45) is 0 Å². The number of aromatic nitrogens is 5. The quantitative estimate of drug-likeness (QED) is 0.254. The largest absolute Gasteiger partial charge is 0.355 e. The highest BCUT2D eigenvalue weighted by atomic mass is 35.5. The molecule has 0 radical (unpaired) electrons. The van der Waals surface area contributed by atoms with Gasteiger partial charge in [0, 0.05) is 42.1 Å². The summed E-state index contributed by atoms with van der Waals surface area (Å²) in [6.45, 7) is 10.0. The van der Waals surface area contributed by atoms with E-state index in [0.29, 0.717) is 29.1 Å². The maximum atomic E-state index is 15.1. The van der Waals surface area contributed by atoms with Crippen molar-refractivity contribution in [3.63, 3.8) is 0 Å². The maximum absolute atomic E-state index is 15.1. The van der Waals surface area contributed by atoms with Crippen molar-refractivity contribution in [2.75, 3.05) is 11.4 Å². The number of nitrogens with zero attached hydrogens (tertiary/aromatic N) is 7. The van der Waals surface area contributed by atoms with Gasteiger partial charge in [-0.3, -0.25) is 4.79 Å². The molecule has 1 aromatic carbocycles. The summed E-state index contributed by atoms with van der Waals surface area (Å²) >= 11 is 6.87. The number of anilines is 1. The lowest BCUT2D eigenvalue weighted by molar-refractivity contribution is -0.131. The number of hydrogen-bond donors (Lipinski definition) is 0. The molecule has 3 atom stereocenters. The zero-order valence-electron chi connectivity index (χ0n) is 24.9. The molecule has 4 heterocycles. The fourth-order valence-corrected chi connectivity index (χ4v) is 6.80. The summed E-state index contributed by atoms with van der Waals surface area (Å²) in [6.07, 6.45) is 6.83. The molecule has 0 bridgehead atoms. The van der Waals surface area contributed by atoms with Crippen LogP contribution in [0.1, 0.15) is 69.7 Å². The number of carbonyl (C=O) groups excluding carboxylic acids is 1. The highest BCUT2D eigenvalue weighted by molar-refractivity contribution is 6.33. The molecule has 0 N–H and O–H groups in total. The minimum Gasteiger partial charge on any atom is -0.349 e. The second-order valence-electron chi connectivity index (χ2n) is 12.2. The van der Waals surface area contributed by atoms with Gasteiger partial charge in [-0.1, -0.05) is 30.3 Å². The highest BCUT2D eigenvalue weighted by Gasteiger charge is 2.40. The van der Waals surface area contributed by atoms with Gasteiger partial charge in [-0.05, 0) is 70.7 Å². The smallest absolute Gasteiger partial charge is 0.349 e. The molecule has 3 fully saturated rings. The lowest BCUT2D eigenvalue weighted by Crippen LogP contribution is -2.63. The van der Waals surface area contributed by atoms with Gasteiger partial charge in [0.05, 0.1) is 33.2 Å². The van der Waals surface area contributed by atoms with Crippen LogP contribution in [0.15, 0.2) is 54.1 Å². The molecule has 1 aliphatic heterocycles. The predicted octanol–water partition coefficient (Wildman–Crippen LogP) is 5.79. The fourth-order valence-electron chi connectivity index (χ4n) is 6.55. The van der Waals surface area contributed by atoms with Gasteiger partial charge in [-0.2, -0.15) is 4.98 Å². The number of fused-ring (bicyclic) bond motifs is 1. The Morgan fingerprint density at radius 1 is 1.02 bits per heavy atom. The Balaban J connectivity index is 1.51. The van der Waals surface area contributed by atoms with Crippen LogP contribution in [0, 0.1) is 5.82 Å². The summed E-state index contributed by atoms with van der Waals surface area (Å²) < 4.78 is 16.6. The van der Waals surface area contributed by atoms with Crippen LogP contribution in [0.4, 0.5) is 10.2 Å². The third-order valence-corrected chi connectivity index (χ3v) is 9.51. The molecule has 9 nitrogen and oxygen atoms in total. The predicted molar refractivity (Wildman–Crippen MR) is 168 cm³/mol. The molecule has 0 spiro atoms. The first-order valence-corrected chi connectivity index (χ1v) is 15.5. The van der Waals surface area contributed by atoms with Crippen LogP contribution in [0.3, 0.4) is 0 Å². The fraction of sp³-hybridized carbons (Fsp3) is 0.394. The van der Waals surface area contributed by atoms with Crippen molar-refractivity contribution < 1.29 is 9.18 Å². The zero-order chi connectivity index (χ0) is 30.9. The highest BCUT2D eigenvalue weighted by Crippen LogP contribution is 2.47. The Labute approximate surface area is 259 Å². The third kappa shape index (κ3) is 4.67. The van der Waals surface area contributed by atoms with E-state index in [1.807, 2.05) is 30.6 Å². The normalized spacial score (nSPS) is 22.0. The van der Waals surface area contributed by atoms with Gasteiger partial charge in [-0.25, -0.2) is 28.7 Å². The van der Waals surface area contributed by atoms with E-state index in [0.717, 1.165) is 37.1 Å². The molecule has 0 unspecified atom stereocenters. The van der Waals surface area contributed by atoms with E-state index in [-0.39, 0.29) is 52.1 Å². The molecule has 1 saturated heterocycles. The molecule has 1 amide bonds. The Hall–Kier alpha value is -4.18. The number of benzene rings is 1. The van der Waals surface area contributed by atoms with E-state index in [1.54, 1.807) is 30.6 Å². The van der Waals surface area contributed by atoms with Crippen LogP contribution in [0.2, 0.25) is 5.02 Å². The molecule has 3 aliphatic rings. The first kappa shape index (κ1) is 28.6. The molecule has 4 aromatic rings. The second kappa shape index (κ2) is 10.8. The molecule has 11 heteroatoms. The number of hydrogen-bond acceptors (Lipinski definition) is 7. The Kier molecular flexibility index (Phi) is 6.99. The lowest BCUT2D eigenvalue weighted by atomic mass is 9.99. The second-order valence-corrected chi connectivity index (χ2v) is 12.6. The van der Waals surface area contributed by atoms with Gasteiger partial charge >= 0.3 is 5.69 Å². The molecule has 2 aliphatic carbocycles. The van der Waals surface area contributed by atoms with Gasteiger partial charge in [0.15, 0.2) is 5.65 Å². The Bertz CT molecular complexity index is 1860. The van der Waals surface area contributed by atoms with Crippen molar-refractivity contribution in [3.05, 3.63) is 82.0 Å². The molecule has 7 rings (SSSR count). The molecule has 226 valence electrons. The topological polar surface area (TPSA) is 97.1 Å². The summed E-state index contributed by atoms with van der Waals surface area (Å²) in [6, 6.07) is 7.46. The summed E-state index contributed by atoms with van der Waals surface area (Å²) in [7, 11) is 0. The first-order chi connectivity index (χ1) is 21.2. The van der Waals surface area contributed by atoms with Gasteiger partial charge in [-0.15, -0.1) is 0 Å². The maximum Gasteiger partial charge on any atom is 0.355 e. The summed E-state index contributed by atoms with van der Waals surface area (Å²) in [5.74, 6) is 0.258. The Morgan fingerprint density at radius 3 is 2.30 bits per heavy atom. The van der Waals surface area contributed by atoms with Crippen molar-refractivity contribution in [2.45, 2.75) is 76.4 Å². The molecular formula is C33H33ClFN7O2. The Morgan fingerprint density at radius 2 is 1.68 bits per heavy atom. The molecular weight excluding hydrogens is 581 g/mol. The summed E-state index contributed by atoms with van der Waals surface area (Å²) in [5.41, 5.74) is 2.54. The summed E-state index contributed by atoms with van der Waals surface area (Å²) in [5, 5.41) is 0.788. The molecule has 44 heavy (non-hydrogen) atoms. The monoisotopic (exact) mass is 613 g/mol. The van der Waals surface area contributed by atoms with E-state index in [9.17, 15) is 9.59 Å². The molecule has 2 saturated carbocycles. The molecule has 3 aromatic heterocycles. The number of piperazine rings is 1. The van der Waals surface area contributed by atoms with E-state index in [1.165, 1.54) is 16.7 Å². The van der Waals surface area contributed by atoms with Crippen LogP contribution < -0.4 is 10.6 Å². The van der Waals surface area contributed by atoms with Gasteiger partial charge in [0.2, 0.25) is 5.91 Å². The minimum absolute atomic E-state index is 0.145. The van der Waals surface area contributed by atoms with E-state index < -0.39 is 11.5 Å². The van der Waals surface area contributed by atoms with Crippen molar-refractivity contribution in [1.29, 1.82) is 0 Å². The van der Waals surface area contributed by atoms with E-state index in [2.05, 4.69) is 16.5 Å². The average molecular weight is 614 g/mol. The SMILES string of the molecule is C=CC(=O)N1[C@H](C)CN(c2nc(=O)n(-c3c(C4CC4)ncnc3C3CC3)c3nc(-c4ccccc4F)c(Cl)cc23)[C@@H](C)[C@@H]1C. The zero-order valence-corrected chi connectivity index (χ0v) is 25.6. The van der Waals surface area contributed by atoms with Crippen molar-refractivity contribution in [1.82, 2.24) is 29.4 Å². The van der Waals surface area contributed by atoms with Gasteiger partial charge < -0.3 is 9.80 Å². The standard InChI is InChI=1S/C33H33ClFN7O2/c1-5-26(43)41-17(2)15-40(18(3)19(41)4)31-23-14-24(34)29(22-8-6-7-9-25(22)35)38-32(23)42(33(44)39-31)30-27(20-10-11-20)36-16-37-28(30)21-12-13-21/h5-9,14,16-21H,1,10-13,15H2,2-4H3/t17-,18+,19+/m1/s1. The number of halogens is 2. The van der Waals surface area contributed by atoms with Gasteiger partial charge in [0.25, 0.3) is 0 Å². The summed E-state index contributed by atoms with van der Waals surface area (Å²) in [4.78, 5) is 49.9. The number of carbonyl (C=O) groups is 1. The van der Waals surface area contributed by atoms with Crippen molar-refractivity contribution in [3.8, 4) is 16.9 Å². The minimum atomic E-state index is -0.516. The van der Waals surface area contributed by atoms with Crippen LogP contribution in [-0.2, 0) is 4.79 Å². The van der Waals surface area contributed by atoms with Gasteiger partial charge in [0.1, 0.15) is 18.0 Å².